The maximum Gasteiger partial charge on any atom is 0.256 e. The van der Waals surface area contributed by atoms with E-state index in [1.165, 1.54) is 24.3 Å². The van der Waals surface area contributed by atoms with Gasteiger partial charge in [-0.05, 0) is 43.0 Å². The number of halogens is 2. The van der Waals surface area contributed by atoms with Crippen LogP contribution in [0.25, 0.3) is 11.3 Å². The molecule has 0 spiro atoms. The van der Waals surface area contributed by atoms with Crippen molar-refractivity contribution in [2.75, 3.05) is 12.3 Å². The van der Waals surface area contributed by atoms with Crippen LogP contribution in [0.3, 0.4) is 0 Å². The fourth-order valence-corrected chi connectivity index (χ4v) is 2.54. The number of ether oxygens (including phenoxy) is 1. The summed E-state index contributed by atoms with van der Waals surface area (Å²) in [7, 11) is 0. The van der Waals surface area contributed by atoms with Gasteiger partial charge in [0.2, 0.25) is 0 Å². The summed E-state index contributed by atoms with van der Waals surface area (Å²) in [6.45, 7) is 0.431. The molecule has 1 saturated carbocycles. The molecule has 0 radical (unpaired) electrons. The predicted octanol–water partition coefficient (Wildman–Crippen LogP) is 2.67. The molecule has 7 heteroatoms. The van der Waals surface area contributed by atoms with E-state index >= 15 is 0 Å². The van der Waals surface area contributed by atoms with E-state index < -0.39 is 5.82 Å². The Labute approximate surface area is 131 Å². The molecular formula is C15H15ClFN3O2. The molecule has 0 amide bonds. The first-order valence-electron chi connectivity index (χ1n) is 6.92. The van der Waals surface area contributed by atoms with Crippen molar-refractivity contribution in [3.8, 4) is 17.1 Å². The zero-order valence-corrected chi connectivity index (χ0v) is 12.4. The molecule has 1 aromatic carbocycles. The predicted molar refractivity (Wildman–Crippen MR) is 81.1 cm³/mol. The lowest BCUT2D eigenvalue weighted by atomic mass is 9.83. The molecule has 1 aliphatic rings. The van der Waals surface area contributed by atoms with Crippen molar-refractivity contribution in [3.63, 3.8) is 0 Å². The quantitative estimate of drug-likeness (QED) is 0.904. The van der Waals surface area contributed by atoms with E-state index in [-0.39, 0.29) is 23.2 Å². The molecule has 22 heavy (non-hydrogen) atoms. The highest BCUT2D eigenvalue weighted by Gasteiger charge is 2.28. The summed E-state index contributed by atoms with van der Waals surface area (Å²) >= 11 is 5.87. The molecular weight excluding hydrogens is 309 g/mol. The molecule has 1 aliphatic carbocycles. The number of rotatable bonds is 4. The minimum absolute atomic E-state index is 0.215. The van der Waals surface area contributed by atoms with E-state index in [4.69, 9.17) is 22.1 Å². The van der Waals surface area contributed by atoms with Gasteiger partial charge in [0.1, 0.15) is 5.82 Å². The molecule has 0 bridgehead atoms. The summed E-state index contributed by atoms with van der Waals surface area (Å²) in [6, 6.07) is 5.70. The largest absolute Gasteiger partial charge is 0.475 e. The van der Waals surface area contributed by atoms with Crippen molar-refractivity contribution in [2.24, 2.45) is 5.92 Å². The van der Waals surface area contributed by atoms with Crippen LogP contribution in [0.15, 0.2) is 24.3 Å². The van der Waals surface area contributed by atoms with Crippen LogP contribution in [0.1, 0.15) is 12.8 Å². The van der Waals surface area contributed by atoms with E-state index in [0.717, 1.165) is 12.8 Å². The first-order chi connectivity index (χ1) is 10.5. The Morgan fingerprint density at radius 1 is 1.32 bits per heavy atom. The molecule has 0 atom stereocenters. The topological polar surface area (TPSA) is 81.3 Å². The Kier molecular flexibility index (Phi) is 4.13. The number of aliphatic hydroxyl groups excluding tert-OH is 1. The molecule has 1 aromatic heterocycles. The number of aliphatic hydroxyl groups is 1. The third-order valence-electron chi connectivity index (χ3n) is 3.66. The minimum atomic E-state index is -0.449. The number of nitrogen functional groups attached to an aromatic ring is 1. The van der Waals surface area contributed by atoms with Crippen LogP contribution in [-0.2, 0) is 0 Å². The standard InChI is InChI=1S/C15H15ClFN3O2/c16-9-1-2-12(17)11(5-9)14-6-13(18)15(20-19-14)22-7-8-3-10(21)4-8/h1-2,5-6,8,10,21H,3-4,7H2,(H2,18,19). The molecule has 0 saturated heterocycles. The van der Waals surface area contributed by atoms with Gasteiger partial charge in [0.15, 0.2) is 0 Å². The molecule has 5 nitrogen and oxygen atoms in total. The van der Waals surface area contributed by atoms with Gasteiger partial charge in [-0.15, -0.1) is 10.2 Å². The average Bonchev–Trinajstić information content (AvgIpc) is 2.46. The van der Waals surface area contributed by atoms with Crippen LogP contribution >= 0.6 is 11.6 Å². The zero-order valence-electron chi connectivity index (χ0n) is 11.7. The fourth-order valence-electron chi connectivity index (χ4n) is 2.37. The number of nitrogens with zero attached hydrogens (tertiary/aromatic N) is 2. The lowest BCUT2D eigenvalue weighted by Gasteiger charge is -2.30. The normalized spacial score (nSPS) is 20.5. The highest BCUT2D eigenvalue weighted by molar-refractivity contribution is 6.30. The summed E-state index contributed by atoms with van der Waals surface area (Å²) in [5, 5.41) is 17.5. The van der Waals surface area contributed by atoms with Crippen molar-refractivity contribution in [3.05, 3.63) is 35.1 Å². The number of hydrogen-bond donors (Lipinski definition) is 2. The molecule has 0 unspecified atom stereocenters. The van der Waals surface area contributed by atoms with Gasteiger partial charge in [0.25, 0.3) is 5.88 Å². The number of aromatic nitrogens is 2. The SMILES string of the molecule is Nc1cc(-c2cc(Cl)ccc2F)nnc1OCC1CC(O)C1. The zero-order chi connectivity index (χ0) is 15.7. The van der Waals surface area contributed by atoms with Crippen molar-refractivity contribution >= 4 is 17.3 Å². The lowest BCUT2D eigenvalue weighted by molar-refractivity contribution is 0.0195. The number of benzene rings is 1. The van der Waals surface area contributed by atoms with Gasteiger partial charge in [-0.25, -0.2) is 4.39 Å². The second kappa shape index (κ2) is 6.06. The van der Waals surface area contributed by atoms with Crippen molar-refractivity contribution in [1.29, 1.82) is 0 Å². The van der Waals surface area contributed by atoms with Gasteiger partial charge < -0.3 is 15.6 Å². The Morgan fingerprint density at radius 2 is 2.09 bits per heavy atom. The van der Waals surface area contributed by atoms with Crippen LogP contribution in [0.4, 0.5) is 10.1 Å². The van der Waals surface area contributed by atoms with E-state index in [1.807, 2.05) is 0 Å². The first-order valence-corrected chi connectivity index (χ1v) is 7.30. The molecule has 3 N–H and O–H groups in total. The summed E-state index contributed by atoms with van der Waals surface area (Å²) in [4.78, 5) is 0. The van der Waals surface area contributed by atoms with E-state index in [1.54, 1.807) is 0 Å². The first kappa shape index (κ1) is 15.0. The van der Waals surface area contributed by atoms with Crippen molar-refractivity contribution < 1.29 is 14.2 Å². The van der Waals surface area contributed by atoms with E-state index in [0.29, 0.717) is 23.2 Å². The Hall–Kier alpha value is -1.92. The van der Waals surface area contributed by atoms with Gasteiger partial charge in [-0.2, -0.15) is 0 Å². The lowest BCUT2D eigenvalue weighted by Crippen LogP contribution is -2.32. The van der Waals surface area contributed by atoms with Crippen LogP contribution in [0.2, 0.25) is 5.02 Å². The number of anilines is 1. The maximum absolute atomic E-state index is 13.8. The summed E-state index contributed by atoms with van der Waals surface area (Å²) in [5.41, 5.74) is 6.70. The fraction of sp³-hybridized carbons (Fsp3) is 0.333. The van der Waals surface area contributed by atoms with E-state index in [2.05, 4.69) is 10.2 Å². The highest BCUT2D eigenvalue weighted by Crippen LogP contribution is 2.30. The highest BCUT2D eigenvalue weighted by atomic mass is 35.5. The van der Waals surface area contributed by atoms with Crippen molar-refractivity contribution in [2.45, 2.75) is 18.9 Å². The van der Waals surface area contributed by atoms with Crippen LogP contribution in [0, 0.1) is 11.7 Å². The molecule has 1 fully saturated rings. The third-order valence-corrected chi connectivity index (χ3v) is 3.89. The van der Waals surface area contributed by atoms with Gasteiger partial charge in [0.05, 0.1) is 24.1 Å². The van der Waals surface area contributed by atoms with Gasteiger partial charge in [-0.1, -0.05) is 11.6 Å². The van der Waals surface area contributed by atoms with Gasteiger partial charge in [-0.3, -0.25) is 0 Å². The average molecular weight is 324 g/mol. The van der Waals surface area contributed by atoms with Crippen LogP contribution in [0.5, 0.6) is 5.88 Å². The minimum Gasteiger partial charge on any atom is -0.475 e. The molecule has 2 aromatic rings. The number of hydrogen-bond acceptors (Lipinski definition) is 5. The molecule has 1 heterocycles. The van der Waals surface area contributed by atoms with Gasteiger partial charge >= 0.3 is 0 Å². The molecule has 3 rings (SSSR count). The molecule has 116 valence electrons. The second-order valence-electron chi connectivity index (χ2n) is 5.42. The Morgan fingerprint density at radius 3 is 2.77 bits per heavy atom. The third kappa shape index (κ3) is 3.13. The smallest absolute Gasteiger partial charge is 0.256 e. The summed E-state index contributed by atoms with van der Waals surface area (Å²) < 4.78 is 19.3. The van der Waals surface area contributed by atoms with Crippen LogP contribution < -0.4 is 10.5 Å². The Bertz CT molecular complexity index is 692. The van der Waals surface area contributed by atoms with Gasteiger partial charge in [0, 0.05) is 10.6 Å². The monoisotopic (exact) mass is 323 g/mol. The van der Waals surface area contributed by atoms with E-state index in [9.17, 15) is 9.50 Å². The van der Waals surface area contributed by atoms with Crippen LogP contribution in [-0.4, -0.2) is 28.0 Å². The summed E-state index contributed by atoms with van der Waals surface area (Å²) in [6.07, 6.45) is 1.21. The maximum atomic E-state index is 13.8. The second-order valence-corrected chi connectivity index (χ2v) is 5.85. The summed E-state index contributed by atoms with van der Waals surface area (Å²) in [5.74, 6) is 0.0732. The van der Waals surface area contributed by atoms with Crippen molar-refractivity contribution in [1.82, 2.24) is 10.2 Å². The molecule has 0 aliphatic heterocycles. The number of nitrogens with two attached hydrogens (primary N) is 1. The Balaban J connectivity index is 1.75.